The molecular weight excluding hydrogens is 348 g/mol. The third-order valence-electron chi connectivity index (χ3n) is 3.10. The maximum Gasteiger partial charge on any atom is 0.335 e. The highest BCUT2D eigenvalue weighted by Gasteiger charge is 2.27. The van der Waals surface area contributed by atoms with Gasteiger partial charge in [-0.25, -0.2) is 13.2 Å². The summed E-state index contributed by atoms with van der Waals surface area (Å²) in [5.41, 5.74) is -0.0419. The van der Waals surface area contributed by atoms with Gasteiger partial charge in [0.25, 0.3) is 0 Å². The monoisotopic (exact) mass is 362 g/mol. The molecule has 1 aliphatic heterocycles. The average Bonchev–Trinajstić information content (AvgIpc) is 2.68. The topological polar surface area (TPSA) is 86.7 Å². The lowest BCUT2D eigenvalue weighted by Crippen LogP contribution is -2.34. The molecule has 0 radical (unpaired) electrons. The predicted molar refractivity (Wildman–Crippen MR) is 77.3 cm³/mol. The van der Waals surface area contributed by atoms with Crippen molar-refractivity contribution in [2.24, 2.45) is 0 Å². The normalized spacial score (nSPS) is 17.6. The number of carbonyl (C=O) groups is 1. The number of halogens is 1. The van der Waals surface area contributed by atoms with Gasteiger partial charge >= 0.3 is 5.97 Å². The summed E-state index contributed by atoms with van der Waals surface area (Å²) in [7, 11) is -3.69. The zero-order valence-corrected chi connectivity index (χ0v) is 13.1. The van der Waals surface area contributed by atoms with E-state index in [-0.39, 0.29) is 10.5 Å². The van der Waals surface area contributed by atoms with E-state index in [1.807, 2.05) is 0 Å². The summed E-state index contributed by atoms with van der Waals surface area (Å²) >= 11 is 3.19. The molecule has 0 amide bonds. The summed E-state index contributed by atoms with van der Waals surface area (Å²) in [6, 6.07) is 4.02. The molecule has 1 aromatic carbocycles. The molecule has 1 heterocycles. The smallest absolute Gasteiger partial charge is 0.335 e. The largest absolute Gasteiger partial charge is 0.478 e. The van der Waals surface area contributed by atoms with Crippen molar-refractivity contribution >= 4 is 31.9 Å². The number of aromatic carboxylic acids is 1. The fourth-order valence-electron chi connectivity index (χ4n) is 2.03. The molecule has 0 aliphatic carbocycles. The summed E-state index contributed by atoms with van der Waals surface area (Å²) in [6.07, 6.45) is 0.732. The summed E-state index contributed by atoms with van der Waals surface area (Å²) in [4.78, 5) is 11.0. The number of hydrogen-bond donors (Lipinski definition) is 2. The quantitative estimate of drug-likeness (QED) is 0.841. The van der Waals surface area contributed by atoms with Gasteiger partial charge in [-0.2, -0.15) is 4.31 Å². The van der Waals surface area contributed by atoms with Crippen molar-refractivity contribution in [2.45, 2.75) is 11.3 Å². The van der Waals surface area contributed by atoms with Gasteiger partial charge in [-0.3, -0.25) is 0 Å². The van der Waals surface area contributed by atoms with E-state index in [0.29, 0.717) is 24.1 Å². The maximum absolute atomic E-state index is 12.6. The Morgan fingerprint density at radius 2 is 2.05 bits per heavy atom. The van der Waals surface area contributed by atoms with Crippen LogP contribution < -0.4 is 5.32 Å². The van der Waals surface area contributed by atoms with Crippen molar-refractivity contribution < 1.29 is 18.3 Å². The van der Waals surface area contributed by atoms with Crippen LogP contribution >= 0.6 is 15.9 Å². The average molecular weight is 363 g/mol. The lowest BCUT2D eigenvalue weighted by Gasteiger charge is -2.20. The lowest BCUT2D eigenvalue weighted by atomic mass is 10.2. The predicted octanol–water partition coefficient (Wildman–Crippen LogP) is 1.13. The van der Waals surface area contributed by atoms with Crippen LogP contribution in [0, 0.1) is 0 Å². The van der Waals surface area contributed by atoms with Gasteiger partial charge < -0.3 is 10.4 Å². The minimum absolute atomic E-state index is 0.000648. The van der Waals surface area contributed by atoms with Gasteiger partial charge in [-0.05, 0) is 47.1 Å². The Bertz CT molecular complexity index is 610. The molecule has 1 aliphatic rings. The number of carboxylic acid groups (broad SMARTS) is 1. The summed E-state index contributed by atoms with van der Waals surface area (Å²) in [6.45, 7) is 2.18. The van der Waals surface area contributed by atoms with E-state index in [2.05, 4.69) is 21.2 Å². The third-order valence-corrected chi connectivity index (χ3v) is 5.99. The zero-order chi connectivity index (χ0) is 14.8. The summed E-state index contributed by atoms with van der Waals surface area (Å²) in [5.74, 6) is -1.15. The molecule has 20 heavy (non-hydrogen) atoms. The highest BCUT2D eigenvalue weighted by atomic mass is 79.9. The number of carboxylic acids is 1. The van der Waals surface area contributed by atoms with Crippen LogP contribution in [-0.4, -0.2) is 50.0 Å². The molecular formula is C12H15BrN2O4S. The van der Waals surface area contributed by atoms with Crippen LogP contribution in [0.5, 0.6) is 0 Å². The van der Waals surface area contributed by atoms with Crippen molar-refractivity contribution in [3.05, 3.63) is 28.2 Å². The van der Waals surface area contributed by atoms with E-state index in [9.17, 15) is 13.2 Å². The van der Waals surface area contributed by atoms with Crippen molar-refractivity contribution in [1.29, 1.82) is 0 Å². The number of sulfonamides is 1. The van der Waals surface area contributed by atoms with Gasteiger partial charge in [-0.1, -0.05) is 0 Å². The molecule has 0 atom stereocenters. The lowest BCUT2D eigenvalue weighted by molar-refractivity contribution is 0.0696. The molecule has 1 fully saturated rings. The first-order chi connectivity index (χ1) is 9.43. The zero-order valence-electron chi connectivity index (χ0n) is 10.7. The highest BCUT2D eigenvalue weighted by molar-refractivity contribution is 9.10. The van der Waals surface area contributed by atoms with Gasteiger partial charge in [0, 0.05) is 24.1 Å². The van der Waals surface area contributed by atoms with Crippen molar-refractivity contribution in [2.75, 3.05) is 26.2 Å². The third kappa shape index (κ3) is 3.20. The SMILES string of the molecule is O=C(O)c1ccc(Br)c(S(=O)(=O)N2CCCNCC2)c1. The fourth-order valence-corrected chi connectivity index (χ4v) is 4.46. The van der Waals surface area contributed by atoms with Gasteiger partial charge in [0.1, 0.15) is 0 Å². The van der Waals surface area contributed by atoms with E-state index >= 15 is 0 Å². The molecule has 0 bridgehead atoms. The maximum atomic E-state index is 12.6. The molecule has 6 nitrogen and oxygen atoms in total. The Morgan fingerprint density at radius 1 is 1.30 bits per heavy atom. The first-order valence-electron chi connectivity index (χ1n) is 6.16. The second kappa shape index (κ2) is 6.21. The van der Waals surface area contributed by atoms with Crippen molar-refractivity contribution in [3.8, 4) is 0 Å². The molecule has 8 heteroatoms. The molecule has 110 valence electrons. The molecule has 0 unspecified atom stereocenters. The van der Waals surface area contributed by atoms with E-state index < -0.39 is 16.0 Å². The second-order valence-corrected chi connectivity index (χ2v) is 7.22. The first-order valence-corrected chi connectivity index (χ1v) is 8.40. The van der Waals surface area contributed by atoms with Crippen LogP contribution in [0.4, 0.5) is 0 Å². The Balaban J connectivity index is 2.42. The van der Waals surface area contributed by atoms with E-state index in [1.165, 1.54) is 22.5 Å². The van der Waals surface area contributed by atoms with E-state index in [4.69, 9.17) is 5.11 Å². The van der Waals surface area contributed by atoms with Crippen molar-refractivity contribution in [1.82, 2.24) is 9.62 Å². The number of hydrogen-bond acceptors (Lipinski definition) is 4. The standard InChI is InChI=1S/C12H15BrN2O4S/c13-10-3-2-9(12(16)17)8-11(10)20(18,19)15-6-1-4-14-5-7-15/h2-3,8,14H,1,4-7H2,(H,16,17). The van der Waals surface area contributed by atoms with Gasteiger partial charge in [-0.15, -0.1) is 0 Å². The van der Waals surface area contributed by atoms with E-state index in [1.54, 1.807) is 0 Å². The summed E-state index contributed by atoms with van der Waals surface area (Å²) in [5, 5.41) is 12.1. The van der Waals surface area contributed by atoms with Crippen LogP contribution in [0.1, 0.15) is 16.8 Å². The van der Waals surface area contributed by atoms with Gasteiger partial charge in [0.2, 0.25) is 10.0 Å². The van der Waals surface area contributed by atoms with Gasteiger partial charge in [0.15, 0.2) is 0 Å². The first kappa shape index (κ1) is 15.4. The molecule has 0 saturated carbocycles. The number of benzene rings is 1. The Labute approximate surface area is 126 Å². The Kier molecular flexibility index (Phi) is 4.79. The Morgan fingerprint density at radius 3 is 2.75 bits per heavy atom. The molecule has 2 rings (SSSR count). The second-order valence-electron chi connectivity index (χ2n) is 4.46. The molecule has 1 aromatic rings. The van der Waals surface area contributed by atoms with Crippen LogP contribution in [0.15, 0.2) is 27.6 Å². The van der Waals surface area contributed by atoms with Crippen LogP contribution in [0.2, 0.25) is 0 Å². The van der Waals surface area contributed by atoms with E-state index in [0.717, 1.165) is 13.0 Å². The molecule has 0 aromatic heterocycles. The molecule has 2 N–H and O–H groups in total. The van der Waals surface area contributed by atoms with Crippen molar-refractivity contribution in [3.63, 3.8) is 0 Å². The van der Waals surface area contributed by atoms with Crippen LogP contribution in [0.25, 0.3) is 0 Å². The number of rotatable bonds is 3. The minimum atomic E-state index is -3.69. The van der Waals surface area contributed by atoms with Gasteiger partial charge in [0.05, 0.1) is 10.5 Å². The minimum Gasteiger partial charge on any atom is -0.478 e. The van der Waals surface area contributed by atoms with Crippen LogP contribution in [0.3, 0.4) is 0 Å². The fraction of sp³-hybridized carbons (Fsp3) is 0.417. The molecule has 1 saturated heterocycles. The highest BCUT2D eigenvalue weighted by Crippen LogP contribution is 2.26. The molecule has 0 spiro atoms. The number of nitrogens with zero attached hydrogens (tertiary/aromatic N) is 1. The number of nitrogens with one attached hydrogen (secondary N) is 1. The van der Waals surface area contributed by atoms with Crippen LogP contribution in [-0.2, 0) is 10.0 Å². The Hall–Kier alpha value is -0.960. The summed E-state index contributed by atoms with van der Waals surface area (Å²) < 4.78 is 27.0.